The Morgan fingerprint density at radius 1 is 1.33 bits per heavy atom. The molecule has 1 saturated carbocycles. The first kappa shape index (κ1) is 11.1. The second-order valence-electron chi connectivity index (χ2n) is 4.65. The Hall–Kier alpha value is -0.380. The first-order chi connectivity index (χ1) is 6.87. The van der Waals surface area contributed by atoms with Crippen molar-refractivity contribution in [1.82, 2.24) is 10.2 Å². The van der Waals surface area contributed by atoms with Gasteiger partial charge in [-0.3, -0.25) is 0 Å². The van der Waals surface area contributed by atoms with Crippen LogP contribution < -0.4 is 5.73 Å². The summed E-state index contributed by atoms with van der Waals surface area (Å²) in [5.74, 6) is 0. The van der Waals surface area contributed by atoms with Crippen LogP contribution in [-0.2, 0) is 5.41 Å². The average Bonchev–Trinajstić information content (AvgIpc) is 2.89. The largest absolute Gasteiger partial charge is 0.324 e. The minimum absolute atomic E-state index is 0.178. The molecule has 82 valence electrons. The third-order valence-corrected chi connectivity index (χ3v) is 3.89. The van der Waals surface area contributed by atoms with Gasteiger partial charge in [0, 0.05) is 16.5 Å². The Labute approximate surface area is 99.0 Å². The first-order valence-electron chi connectivity index (χ1n) is 4.85. The second kappa shape index (κ2) is 3.30. The number of rotatable bonds is 2. The molecular formula is C10H13Cl2N3. The van der Waals surface area contributed by atoms with E-state index >= 15 is 0 Å². The highest BCUT2D eigenvalue weighted by atomic mass is 35.5. The maximum absolute atomic E-state index is 6.23. The van der Waals surface area contributed by atoms with Crippen LogP contribution in [-0.4, -0.2) is 15.7 Å². The van der Waals surface area contributed by atoms with Crippen LogP contribution >= 0.6 is 23.2 Å². The van der Waals surface area contributed by atoms with Gasteiger partial charge in [-0.2, -0.15) is 0 Å². The molecule has 2 rings (SSSR count). The molecule has 0 unspecified atom stereocenters. The van der Waals surface area contributed by atoms with E-state index in [1.54, 1.807) is 6.07 Å². The van der Waals surface area contributed by atoms with Crippen LogP contribution in [0.2, 0.25) is 10.3 Å². The van der Waals surface area contributed by atoms with Crippen LogP contribution in [0, 0.1) is 0 Å². The Kier molecular flexibility index (Phi) is 2.45. The predicted octanol–water partition coefficient (Wildman–Crippen LogP) is 2.55. The molecule has 0 bridgehead atoms. The van der Waals surface area contributed by atoms with Crippen molar-refractivity contribution in [3.05, 3.63) is 21.9 Å². The smallest absolute Gasteiger partial charge is 0.155 e. The lowest BCUT2D eigenvalue weighted by molar-refractivity contribution is 0.389. The Balaban J connectivity index is 2.48. The Morgan fingerprint density at radius 3 is 2.47 bits per heavy atom. The molecule has 1 heterocycles. The quantitative estimate of drug-likeness (QED) is 0.872. The van der Waals surface area contributed by atoms with Gasteiger partial charge in [0.1, 0.15) is 0 Å². The average molecular weight is 246 g/mol. The normalized spacial score (nSPS) is 19.0. The molecule has 15 heavy (non-hydrogen) atoms. The number of halogens is 2. The molecular weight excluding hydrogens is 233 g/mol. The van der Waals surface area contributed by atoms with Crippen LogP contribution in [0.5, 0.6) is 0 Å². The topological polar surface area (TPSA) is 51.8 Å². The van der Waals surface area contributed by atoms with E-state index in [0.717, 1.165) is 18.4 Å². The predicted molar refractivity (Wildman–Crippen MR) is 61.2 cm³/mol. The van der Waals surface area contributed by atoms with Gasteiger partial charge in [0.25, 0.3) is 0 Å². The maximum atomic E-state index is 6.23. The molecule has 0 amide bonds. The standard InChI is InChI=1S/C10H13Cl2N3/c1-9(2,10(13)3-4-10)6-5-7(11)14-15-8(6)12/h5H,3-4,13H2,1-2H3. The molecule has 5 heteroatoms. The molecule has 0 saturated heterocycles. The van der Waals surface area contributed by atoms with Gasteiger partial charge in [-0.05, 0) is 18.9 Å². The minimum Gasteiger partial charge on any atom is -0.324 e. The molecule has 0 spiro atoms. The number of hydrogen-bond acceptors (Lipinski definition) is 3. The fourth-order valence-electron chi connectivity index (χ4n) is 1.82. The van der Waals surface area contributed by atoms with Crippen LogP contribution in [0.4, 0.5) is 0 Å². The molecule has 1 aliphatic carbocycles. The van der Waals surface area contributed by atoms with Crippen LogP contribution in [0.25, 0.3) is 0 Å². The lowest BCUT2D eigenvalue weighted by Crippen LogP contribution is -2.43. The van der Waals surface area contributed by atoms with E-state index in [4.69, 9.17) is 28.9 Å². The van der Waals surface area contributed by atoms with Gasteiger partial charge in [-0.15, -0.1) is 10.2 Å². The summed E-state index contributed by atoms with van der Waals surface area (Å²) >= 11 is 11.8. The molecule has 2 N–H and O–H groups in total. The van der Waals surface area contributed by atoms with Gasteiger partial charge in [-0.1, -0.05) is 37.0 Å². The lowest BCUT2D eigenvalue weighted by Gasteiger charge is -2.32. The number of nitrogens with two attached hydrogens (primary N) is 1. The molecule has 3 nitrogen and oxygen atoms in total. The van der Waals surface area contributed by atoms with Crippen molar-refractivity contribution in [2.24, 2.45) is 5.73 Å². The Bertz CT molecular complexity index is 400. The number of aromatic nitrogens is 2. The third-order valence-electron chi connectivity index (χ3n) is 3.43. The van der Waals surface area contributed by atoms with Crippen molar-refractivity contribution >= 4 is 23.2 Å². The summed E-state index contributed by atoms with van der Waals surface area (Å²) in [6, 6.07) is 1.75. The van der Waals surface area contributed by atoms with E-state index in [0.29, 0.717) is 10.3 Å². The molecule has 0 aromatic carbocycles. The molecule has 0 radical (unpaired) electrons. The summed E-state index contributed by atoms with van der Waals surface area (Å²) in [7, 11) is 0. The van der Waals surface area contributed by atoms with Crippen molar-refractivity contribution in [2.45, 2.75) is 37.6 Å². The molecule has 0 atom stereocenters. The highest BCUT2D eigenvalue weighted by Crippen LogP contribution is 2.50. The van der Waals surface area contributed by atoms with Gasteiger partial charge < -0.3 is 5.73 Å². The van der Waals surface area contributed by atoms with Gasteiger partial charge in [0.05, 0.1) is 0 Å². The summed E-state index contributed by atoms with van der Waals surface area (Å²) in [6.07, 6.45) is 2.02. The fraction of sp³-hybridized carbons (Fsp3) is 0.600. The van der Waals surface area contributed by atoms with Gasteiger partial charge in [-0.25, -0.2) is 0 Å². The molecule has 1 aromatic heterocycles. The summed E-state index contributed by atoms with van der Waals surface area (Å²) in [5, 5.41) is 8.26. The van der Waals surface area contributed by atoms with Crippen LogP contribution in [0.15, 0.2) is 6.07 Å². The SMILES string of the molecule is CC(C)(c1cc(Cl)nnc1Cl)C1(N)CC1. The van der Waals surface area contributed by atoms with E-state index in [9.17, 15) is 0 Å². The second-order valence-corrected chi connectivity index (χ2v) is 5.40. The number of nitrogens with zero attached hydrogens (tertiary/aromatic N) is 2. The van der Waals surface area contributed by atoms with Crippen molar-refractivity contribution < 1.29 is 0 Å². The fourth-order valence-corrected chi connectivity index (χ4v) is 2.29. The Morgan fingerprint density at radius 2 is 1.93 bits per heavy atom. The maximum Gasteiger partial charge on any atom is 0.155 e. The highest BCUT2D eigenvalue weighted by Gasteiger charge is 2.52. The van der Waals surface area contributed by atoms with Gasteiger partial charge >= 0.3 is 0 Å². The first-order valence-corrected chi connectivity index (χ1v) is 5.60. The van der Waals surface area contributed by atoms with E-state index < -0.39 is 0 Å². The van der Waals surface area contributed by atoms with E-state index in [1.807, 2.05) is 0 Å². The molecule has 1 aromatic rings. The molecule has 1 aliphatic rings. The monoisotopic (exact) mass is 245 g/mol. The minimum atomic E-state index is -0.219. The summed E-state index contributed by atoms with van der Waals surface area (Å²) < 4.78 is 0. The zero-order valence-corrected chi connectivity index (χ0v) is 10.2. The number of hydrogen-bond donors (Lipinski definition) is 1. The van der Waals surface area contributed by atoms with Gasteiger partial charge in [0.15, 0.2) is 10.3 Å². The molecule has 0 aliphatic heterocycles. The van der Waals surface area contributed by atoms with Gasteiger partial charge in [0.2, 0.25) is 0 Å². The van der Waals surface area contributed by atoms with E-state index in [-0.39, 0.29) is 11.0 Å². The lowest BCUT2D eigenvalue weighted by atomic mass is 9.77. The van der Waals surface area contributed by atoms with Crippen LogP contribution in [0.3, 0.4) is 0 Å². The summed E-state index contributed by atoms with van der Waals surface area (Å²) in [6.45, 7) is 4.14. The van der Waals surface area contributed by atoms with Crippen molar-refractivity contribution in [3.63, 3.8) is 0 Å². The van der Waals surface area contributed by atoms with E-state index in [1.165, 1.54) is 0 Å². The summed E-state index contributed by atoms with van der Waals surface area (Å²) in [5.41, 5.74) is 6.71. The van der Waals surface area contributed by atoms with Crippen molar-refractivity contribution in [1.29, 1.82) is 0 Å². The highest BCUT2D eigenvalue weighted by molar-refractivity contribution is 6.31. The zero-order valence-electron chi connectivity index (χ0n) is 8.72. The van der Waals surface area contributed by atoms with Crippen molar-refractivity contribution in [2.75, 3.05) is 0 Å². The van der Waals surface area contributed by atoms with Crippen molar-refractivity contribution in [3.8, 4) is 0 Å². The molecule has 1 fully saturated rings. The third kappa shape index (κ3) is 1.73. The zero-order chi connectivity index (χ0) is 11.3. The van der Waals surface area contributed by atoms with Crippen LogP contribution in [0.1, 0.15) is 32.3 Å². The van der Waals surface area contributed by atoms with E-state index in [2.05, 4.69) is 24.0 Å². The summed E-state index contributed by atoms with van der Waals surface area (Å²) in [4.78, 5) is 0.